The summed E-state index contributed by atoms with van der Waals surface area (Å²) in [7, 11) is 0. The molecule has 6 nitrogen and oxygen atoms in total. The van der Waals surface area contributed by atoms with E-state index < -0.39 is 0 Å². The van der Waals surface area contributed by atoms with Crippen LogP contribution in [0.2, 0.25) is 0 Å². The van der Waals surface area contributed by atoms with E-state index in [1.807, 2.05) is 4.52 Å². The van der Waals surface area contributed by atoms with E-state index in [1.54, 1.807) is 0 Å². The molecule has 1 aliphatic carbocycles. The summed E-state index contributed by atoms with van der Waals surface area (Å²) in [6, 6.07) is 6.46. The first kappa shape index (κ1) is 12.9. The maximum Gasteiger partial charge on any atom is 0.153 e. The molecule has 0 amide bonds. The van der Waals surface area contributed by atoms with Crippen molar-refractivity contribution in [3.05, 3.63) is 35.9 Å². The molecule has 2 aliphatic rings. The number of nitrogens with zero attached hydrogens (tertiary/aromatic N) is 4. The van der Waals surface area contributed by atoms with Crippen LogP contribution >= 0.6 is 0 Å². The maximum atomic E-state index is 6.16. The minimum Gasteiger partial charge on any atom is -0.384 e. The third-order valence-electron chi connectivity index (χ3n) is 5.04. The van der Waals surface area contributed by atoms with Crippen molar-refractivity contribution >= 4 is 17.0 Å². The Labute approximate surface area is 133 Å². The summed E-state index contributed by atoms with van der Waals surface area (Å²) in [4.78, 5) is 9.10. The van der Waals surface area contributed by atoms with Gasteiger partial charge in [-0.05, 0) is 37.0 Å². The second-order valence-electron chi connectivity index (χ2n) is 6.40. The quantitative estimate of drug-likeness (QED) is 0.760. The number of rotatable bonds is 2. The number of fused-ring (bicyclic) bond motifs is 2. The highest BCUT2D eigenvalue weighted by molar-refractivity contribution is 5.86. The van der Waals surface area contributed by atoms with E-state index in [0.29, 0.717) is 11.7 Å². The SMILES string of the molecule is Nc1ncnn2c(C3CCC3)nc(-c3ccc4c(c3)CCN4)c12. The van der Waals surface area contributed by atoms with Crippen molar-refractivity contribution in [1.82, 2.24) is 19.6 Å². The van der Waals surface area contributed by atoms with Crippen molar-refractivity contribution in [3.63, 3.8) is 0 Å². The lowest BCUT2D eigenvalue weighted by Gasteiger charge is -2.23. The third kappa shape index (κ3) is 1.84. The van der Waals surface area contributed by atoms with Gasteiger partial charge >= 0.3 is 0 Å². The molecule has 6 heteroatoms. The molecule has 23 heavy (non-hydrogen) atoms. The van der Waals surface area contributed by atoms with Crippen molar-refractivity contribution in [2.75, 3.05) is 17.6 Å². The lowest BCUT2D eigenvalue weighted by molar-refractivity contribution is 0.396. The van der Waals surface area contributed by atoms with Crippen LogP contribution in [-0.4, -0.2) is 26.1 Å². The summed E-state index contributed by atoms with van der Waals surface area (Å²) in [5.74, 6) is 2.00. The van der Waals surface area contributed by atoms with E-state index >= 15 is 0 Å². The Bertz CT molecular complexity index is 909. The molecule has 3 aromatic rings. The summed E-state index contributed by atoms with van der Waals surface area (Å²) >= 11 is 0. The topological polar surface area (TPSA) is 81.1 Å². The van der Waals surface area contributed by atoms with E-state index in [4.69, 9.17) is 10.7 Å². The van der Waals surface area contributed by atoms with Gasteiger partial charge in [0.15, 0.2) is 5.82 Å². The summed E-state index contributed by atoms with van der Waals surface area (Å²) in [6.07, 6.45) is 6.19. The molecule has 0 bridgehead atoms. The minimum atomic E-state index is 0.488. The van der Waals surface area contributed by atoms with Gasteiger partial charge in [-0.1, -0.05) is 12.5 Å². The van der Waals surface area contributed by atoms with Crippen LogP contribution in [0.5, 0.6) is 0 Å². The van der Waals surface area contributed by atoms with E-state index in [2.05, 4.69) is 33.6 Å². The monoisotopic (exact) mass is 306 g/mol. The molecule has 5 rings (SSSR count). The van der Waals surface area contributed by atoms with Gasteiger partial charge in [0.05, 0.1) is 0 Å². The van der Waals surface area contributed by atoms with Crippen LogP contribution in [-0.2, 0) is 6.42 Å². The Morgan fingerprint density at radius 2 is 2.17 bits per heavy atom. The molecule has 1 fully saturated rings. The largest absolute Gasteiger partial charge is 0.384 e. The molecule has 0 unspecified atom stereocenters. The Morgan fingerprint density at radius 3 is 3.00 bits per heavy atom. The summed E-state index contributed by atoms with van der Waals surface area (Å²) in [5.41, 5.74) is 11.5. The van der Waals surface area contributed by atoms with E-state index in [0.717, 1.165) is 35.6 Å². The van der Waals surface area contributed by atoms with E-state index in [1.165, 1.54) is 36.8 Å². The number of benzene rings is 1. The predicted octanol–water partition coefficient (Wildman–Crippen LogP) is 2.61. The number of imidazole rings is 1. The molecule has 1 aliphatic heterocycles. The average molecular weight is 306 g/mol. The highest BCUT2D eigenvalue weighted by atomic mass is 15.3. The zero-order chi connectivity index (χ0) is 15.4. The number of aromatic nitrogens is 4. The lowest BCUT2D eigenvalue weighted by atomic mass is 9.85. The number of nitrogens with one attached hydrogen (secondary N) is 1. The van der Waals surface area contributed by atoms with E-state index in [-0.39, 0.29) is 0 Å². The molecule has 1 saturated carbocycles. The highest BCUT2D eigenvalue weighted by Gasteiger charge is 2.27. The summed E-state index contributed by atoms with van der Waals surface area (Å²) < 4.78 is 1.90. The number of hydrogen-bond donors (Lipinski definition) is 2. The summed E-state index contributed by atoms with van der Waals surface area (Å²) in [6.45, 7) is 1.00. The lowest BCUT2D eigenvalue weighted by Crippen LogP contribution is -2.14. The normalized spacial score (nSPS) is 17.0. The van der Waals surface area contributed by atoms with Crippen molar-refractivity contribution in [2.45, 2.75) is 31.6 Å². The third-order valence-corrected chi connectivity index (χ3v) is 5.04. The van der Waals surface area contributed by atoms with Crippen molar-refractivity contribution in [3.8, 4) is 11.3 Å². The molecule has 3 N–H and O–H groups in total. The molecule has 0 spiro atoms. The molecule has 1 aromatic carbocycles. The molecule has 0 saturated heterocycles. The first-order valence-electron chi connectivity index (χ1n) is 8.17. The van der Waals surface area contributed by atoms with Gasteiger partial charge in [-0.2, -0.15) is 5.10 Å². The number of anilines is 2. The maximum absolute atomic E-state index is 6.16. The summed E-state index contributed by atoms with van der Waals surface area (Å²) in [5, 5.41) is 7.81. The van der Waals surface area contributed by atoms with Crippen molar-refractivity contribution in [2.24, 2.45) is 0 Å². The highest BCUT2D eigenvalue weighted by Crippen LogP contribution is 2.39. The van der Waals surface area contributed by atoms with Gasteiger partial charge in [-0.3, -0.25) is 0 Å². The van der Waals surface area contributed by atoms with Crippen LogP contribution in [0.3, 0.4) is 0 Å². The van der Waals surface area contributed by atoms with Gasteiger partial charge in [0.2, 0.25) is 0 Å². The second kappa shape index (κ2) is 4.68. The average Bonchev–Trinajstić information content (AvgIpc) is 3.10. The fourth-order valence-electron chi connectivity index (χ4n) is 3.56. The standard InChI is InChI=1S/C17H18N6/c18-16-15-14(12-4-5-13-11(8-12)6-7-19-13)22-17(10-2-1-3-10)23(15)21-9-20-16/h4-5,8-10,19H,1-3,6-7H2,(H2,18,20,21). The second-order valence-corrected chi connectivity index (χ2v) is 6.40. The van der Waals surface area contributed by atoms with Gasteiger partial charge in [0.25, 0.3) is 0 Å². The van der Waals surface area contributed by atoms with Crippen LogP contribution in [0, 0.1) is 0 Å². The van der Waals surface area contributed by atoms with Crippen LogP contribution < -0.4 is 11.1 Å². The number of hydrogen-bond acceptors (Lipinski definition) is 5. The number of nitrogens with two attached hydrogens (primary N) is 1. The predicted molar refractivity (Wildman–Crippen MR) is 89.4 cm³/mol. The van der Waals surface area contributed by atoms with Gasteiger partial charge in [0.1, 0.15) is 23.4 Å². The van der Waals surface area contributed by atoms with Crippen LogP contribution in [0.1, 0.15) is 36.6 Å². The van der Waals surface area contributed by atoms with Crippen LogP contribution in [0.4, 0.5) is 11.5 Å². The molecule has 116 valence electrons. The van der Waals surface area contributed by atoms with Gasteiger partial charge in [0, 0.05) is 23.7 Å². The Morgan fingerprint density at radius 1 is 1.26 bits per heavy atom. The molecular formula is C17H18N6. The van der Waals surface area contributed by atoms with Crippen molar-refractivity contribution < 1.29 is 0 Å². The fraction of sp³-hybridized carbons (Fsp3) is 0.353. The smallest absolute Gasteiger partial charge is 0.153 e. The Hall–Kier alpha value is -2.63. The van der Waals surface area contributed by atoms with Crippen molar-refractivity contribution in [1.29, 1.82) is 0 Å². The zero-order valence-corrected chi connectivity index (χ0v) is 12.8. The molecule has 2 aromatic heterocycles. The Kier molecular flexibility index (Phi) is 2.62. The van der Waals surface area contributed by atoms with Gasteiger partial charge < -0.3 is 11.1 Å². The van der Waals surface area contributed by atoms with Crippen LogP contribution in [0.15, 0.2) is 24.5 Å². The molecule has 0 atom stereocenters. The first-order valence-corrected chi connectivity index (χ1v) is 8.17. The van der Waals surface area contributed by atoms with Gasteiger partial charge in [-0.15, -0.1) is 0 Å². The molecular weight excluding hydrogens is 288 g/mol. The van der Waals surface area contributed by atoms with Gasteiger partial charge in [-0.25, -0.2) is 14.5 Å². The minimum absolute atomic E-state index is 0.488. The fourth-order valence-corrected chi connectivity index (χ4v) is 3.56. The zero-order valence-electron chi connectivity index (χ0n) is 12.8. The molecule has 3 heterocycles. The Balaban J connectivity index is 1.74. The molecule has 0 radical (unpaired) electrons. The van der Waals surface area contributed by atoms with E-state index in [9.17, 15) is 0 Å². The number of nitrogen functional groups attached to an aromatic ring is 1. The van der Waals surface area contributed by atoms with Crippen LogP contribution in [0.25, 0.3) is 16.8 Å². The first-order chi connectivity index (χ1) is 11.3.